The van der Waals surface area contributed by atoms with Crippen LogP contribution in [0.4, 0.5) is 18.9 Å². The molecule has 4 nitrogen and oxygen atoms in total. The lowest BCUT2D eigenvalue weighted by Crippen LogP contribution is -2.33. The number of benzene rings is 2. The first kappa shape index (κ1) is 15.0. The number of anilines is 1. The Morgan fingerprint density at radius 2 is 1.30 bits per heavy atom. The first-order chi connectivity index (χ1) is 10.8. The molecule has 2 aromatic carbocycles. The van der Waals surface area contributed by atoms with Gasteiger partial charge in [-0.15, -0.1) is 0 Å². The zero-order valence-corrected chi connectivity index (χ0v) is 11.4. The van der Waals surface area contributed by atoms with E-state index >= 15 is 0 Å². The number of fused-ring (bicyclic) bond motifs is 1. The first-order valence-corrected chi connectivity index (χ1v) is 6.50. The second kappa shape index (κ2) is 5.05. The van der Waals surface area contributed by atoms with E-state index < -0.39 is 29.3 Å². The van der Waals surface area contributed by atoms with E-state index in [1.807, 2.05) is 0 Å². The van der Waals surface area contributed by atoms with Gasteiger partial charge in [0.15, 0.2) is 0 Å². The molecular formula is C16H8F3NO3. The zero-order valence-electron chi connectivity index (χ0n) is 11.4. The highest BCUT2D eigenvalue weighted by Crippen LogP contribution is 2.33. The summed E-state index contributed by atoms with van der Waals surface area (Å²) < 4.78 is 38.2. The van der Waals surface area contributed by atoms with E-state index in [0.717, 1.165) is 12.1 Å². The molecule has 0 spiro atoms. The van der Waals surface area contributed by atoms with Gasteiger partial charge in [0.1, 0.15) is 0 Å². The van der Waals surface area contributed by atoms with Crippen LogP contribution in [-0.4, -0.2) is 23.8 Å². The van der Waals surface area contributed by atoms with Gasteiger partial charge < -0.3 is 0 Å². The molecule has 7 heteroatoms. The monoisotopic (exact) mass is 319 g/mol. The number of ketones is 1. The minimum atomic E-state index is -5.10. The van der Waals surface area contributed by atoms with Crippen LogP contribution in [0.25, 0.3) is 0 Å². The van der Waals surface area contributed by atoms with Crippen molar-refractivity contribution in [1.29, 1.82) is 0 Å². The van der Waals surface area contributed by atoms with Crippen molar-refractivity contribution in [3.63, 3.8) is 0 Å². The number of hydrogen-bond acceptors (Lipinski definition) is 3. The van der Waals surface area contributed by atoms with E-state index in [1.54, 1.807) is 12.1 Å². The number of carbonyl (C=O) groups excluding carboxylic acids is 3. The minimum absolute atomic E-state index is 0.0896. The van der Waals surface area contributed by atoms with Crippen LogP contribution in [0.2, 0.25) is 0 Å². The predicted molar refractivity (Wildman–Crippen MR) is 74.4 cm³/mol. The van der Waals surface area contributed by atoms with Crippen molar-refractivity contribution in [3.05, 3.63) is 65.2 Å². The maximum atomic E-state index is 12.7. The van der Waals surface area contributed by atoms with Crippen LogP contribution >= 0.6 is 0 Å². The summed E-state index contributed by atoms with van der Waals surface area (Å²) in [6.45, 7) is 0. The molecule has 116 valence electrons. The largest absolute Gasteiger partial charge is 0.454 e. The number of rotatable bonds is 2. The molecule has 0 saturated carbocycles. The molecule has 1 aliphatic heterocycles. The quantitative estimate of drug-likeness (QED) is 0.631. The van der Waals surface area contributed by atoms with Gasteiger partial charge in [-0.05, 0) is 24.3 Å². The third-order valence-corrected chi connectivity index (χ3v) is 3.44. The van der Waals surface area contributed by atoms with E-state index in [1.165, 1.54) is 24.3 Å². The van der Waals surface area contributed by atoms with Crippen molar-refractivity contribution in [2.45, 2.75) is 6.18 Å². The lowest BCUT2D eigenvalue weighted by Gasteiger charge is -2.18. The SMILES string of the molecule is O=C1c2ccccc2C(=O)N1c1ccccc1C(=O)C(F)(F)F. The molecule has 23 heavy (non-hydrogen) atoms. The Kier molecular flexibility index (Phi) is 3.28. The molecule has 0 bridgehead atoms. The van der Waals surface area contributed by atoms with Crippen molar-refractivity contribution >= 4 is 23.3 Å². The number of para-hydroxylation sites is 1. The fraction of sp³-hybridized carbons (Fsp3) is 0.0625. The fourth-order valence-corrected chi connectivity index (χ4v) is 2.42. The highest BCUT2D eigenvalue weighted by molar-refractivity contribution is 6.35. The Bertz CT molecular complexity index is 807. The third-order valence-electron chi connectivity index (χ3n) is 3.44. The van der Waals surface area contributed by atoms with Gasteiger partial charge in [0.25, 0.3) is 17.6 Å². The number of hydrogen-bond donors (Lipinski definition) is 0. The number of Topliss-reactive ketones (excluding diaryl/α,β-unsaturated/α-hetero) is 1. The molecule has 1 heterocycles. The van der Waals surface area contributed by atoms with Crippen LogP contribution in [0.15, 0.2) is 48.5 Å². The predicted octanol–water partition coefficient (Wildman–Crippen LogP) is 3.23. The van der Waals surface area contributed by atoms with Gasteiger partial charge in [-0.25, -0.2) is 4.90 Å². The summed E-state index contributed by atoms with van der Waals surface area (Å²) in [6, 6.07) is 10.6. The topological polar surface area (TPSA) is 54.5 Å². The van der Waals surface area contributed by atoms with Gasteiger partial charge in [0.2, 0.25) is 0 Å². The van der Waals surface area contributed by atoms with Crippen LogP contribution < -0.4 is 4.90 Å². The van der Waals surface area contributed by atoms with Gasteiger partial charge >= 0.3 is 6.18 Å². The maximum Gasteiger partial charge on any atom is 0.454 e. The van der Waals surface area contributed by atoms with Gasteiger partial charge in [-0.3, -0.25) is 14.4 Å². The number of halogens is 3. The lowest BCUT2D eigenvalue weighted by atomic mass is 10.1. The molecule has 2 aromatic rings. The number of carbonyl (C=O) groups is 3. The third kappa shape index (κ3) is 2.30. The second-order valence-corrected chi connectivity index (χ2v) is 4.84. The van der Waals surface area contributed by atoms with Crippen LogP contribution in [0.3, 0.4) is 0 Å². The first-order valence-electron chi connectivity index (χ1n) is 6.50. The Morgan fingerprint density at radius 1 is 0.826 bits per heavy atom. The molecule has 0 saturated heterocycles. The molecule has 0 aliphatic carbocycles. The van der Waals surface area contributed by atoms with Crippen LogP contribution in [0.1, 0.15) is 31.1 Å². The highest BCUT2D eigenvalue weighted by atomic mass is 19.4. The van der Waals surface area contributed by atoms with Crippen molar-refractivity contribution in [2.75, 3.05) is 4.90 Å². The Balaban J connectivity index is 2.14. The van der Waals surface area contributed by atoms with E-state index in [4.69, 9.17) is 0 Å². The van der Waals surface area contributed by atoms with Crippen molar-refractivity contribution < 1.29 is 27.6 Å². The summed E-state index contributed by atoms with van der Waals surface area (Å²) >= 11 is 0. The second-order valence-electron chi connectivity index (χ2n) is 4.84. The van der Waals surface area contributed by atoms with Crippen LogP contribution in [0.5, 0.6) is 0 Å². The summed E-state index contributed by atoms with van der Waals surface area (Å²) in [6.07, 6.45) is -5.10. The molecule has 0 atom stereocenters. The smallest absolute Gasteiger partial charge is 0.284 e. The summed E-state index contributed by atoms with van der Waals surface area (Å²) in [5.74, 6) is -3.62. The molecule has 0 fully saturated rings. The van der Waals surface area contributed by atoms with Crippen molar-refractivity contribution in [3.8, 4) is 0 Å². The number of amides is 2. The minimum Gasteiger partial charge on any atom is -0.284 e. The Labute approximate surface area is 128 Å². The average Bonchev–Trinajstić information content (AvgIpc) is 2.78. The molecule has 0 unspecified atom stereocenters. The molecule has 2 amide bonds. The maximum absolute atomic E-state index is 12.7. The number of nitrogens with zero attached hydrogens (tertiary/aromatic N) is 1. The average molecular weight is 319 g/mol. The molecule has 0 aromatic heterocycles. The standard InChI is InChI=1S/C16H8F3NO3/c17-16(18,19)13(21)11-7-3-4-8-12(11)20-14(22)9-5-1-2-6-10(9)15(20)23/h1-8H. The summed E-state index contributed by atoms with van der Waals surface area (Å²) in [7, 11) is 0. The van der Waals surface area contributed by atoms with E-state index in [2.05, 4.69) is 0 Å². The molecule has 1 aliphatic rings. The van der Waals surface area contributed by atoms with Crippen LogP contribution in [0, 0.1) is 0 Å². The Hall–Kier alpha value is -2.96. The van der Waals surface area contributed by atoms with Gasteiger partial charge in [0, 0.05) is 0 Å². The van der Waals surface area contributed by atoms with Gasteiger partial charge in [-0.2, -0.15) is 13.2 Å². The van der Waals surface area contributed by atoms with Gasteiger partial charge in [0.05, 0.1) is 22.4 Å². The molecule has 3 rings (SSSR count). The van der Waals surface area contributed by atoms with E-state index in [9.17, 15) is 27.6 Å². The van der Waals surface area contributed by atoms with E-state index in [0.29, 0.717) is 4.90 Å². The Morgan fingerprint density at radius 3 is 1.83 bits per heavy atom. The summed E-state index contributed by atoms with van der Waals surface area (Å²) in [5.41, 5.74) is -0.936. The highest BCUT2D eigenvalue weighted by Gasteiger charge is 2.44. The normalized spacial score (nSPS) is 14.1. The molecule has 0 radical (unpaired) electrons. The number of alkyl halides is 3. The van der Waals surface area contributed by atoms with Gasteiger partial charge in [-0.1, -0.05) is 24.3 Å². The van der Waals surface area contributed by atoms with Crippen molar-refractivity contribution in [1.82, 2.24) is 0 Å². The zero-order chi connectivity index (χ0) is 16.8. The van der Waals surface area contributed by atoms with Crippen molar-refractivity contribution in [2.24, 2.45) is 0 Å². The molecular weight excluding hydrogens is 311 g/mol. The fourth-order valence-electron chi connectivity index (χ4n) is 2.42. The summed E-state index contributed by atoms with van der Waals surface area (Å²) in [4.78, 5) is 36.8. The molecule has 0 N–H and O–H groups in total. The van der Waals surface area contributed by atoms with Crippen LogP contribution in [-0.2, 0) is 0 Å². The summed E-state index contributed by atoms with van der Waals surface area (Å²) in [5, 5.41) is 0. The lowest BCUT2D eigenvalue weighted by molar-refractivity contribution is -0.0884. The number of imide groups is 1. The van der Waals surface area contributed by atoms with E-state index in [-0.39, 0.29) is 16.8 Å².